The minimum Gasteiger partial charge on any atom is -0.351 e. The molecule has 1 amide bonds. The maximum Gasteiger partial charge on any atom is 0.232 e. The summed E-state index contributed by atoms with van der Waals surface area (Å²) < 4.78 is 0. The zero-order chi connectivity index (χ0) is 9.52. The number of terminal acetylenes is 1. The van der Waals surface area contributed by atoms with Crippen LogP contribution in [0.25, 0.3) is 0 Å². The molecule has 13 heavy (non-hydrogen) atoms. The molecule has 0 saturated carbocycles. The SMILES string of the molecule is C#CCC(=O)NC1CCCCNC1. The highest BCUT2D eigenvalue weighted by atomic mass is 16.1. The monoisotopic (exact) mass is 180 g/mol. The van der Waals surface area contributed by atoms with Crippen LogP contribution in [0.5, 0.6) is 0 Å². The molecule has 1 unspecified atom stereocenters. The average molecular weight is 180 g/mol. The van der Waals surface area contributed by atoms with E-state index in [0.717, 1.165) is 19.5 Å². The van der Waals surface area contributed by atoms with E-state index >= 15 is 0 Å². The van der Waals surface area contributed by atoms with E-state index in [1.807, 2.05) is 0 Å². The van der Waals surface area contributed by atoms with E-state index < -0.39 is 0 Å². The number of hydrogen-bond donors (Lipinski definition) is 2. The normalized spacial score (nSPS) is 22.8. The zero-order valence-corrected chi connectivity index (χ0v) is 7.81. The third-order valence-corrected chi connectivity index (χ3v) is 2.17. The zero-order valence-electron chi connectivity index (χ0n) is 7.81. The highest BCUT2D eigenvalue weighted by Crippen LogP contribution is 2.03. The molecule has 2 N–H and O–H groups in total. The van der Waals surface area contributed by atoms with Gasteiger partial charge in [-0.05, 0) is 19.4 Å². The number of amides is 1. The van der Waals surface area contributed by atoms with Crippen LogP contribution in [0.3, 0.4) is 0 Å². The molecule has 0 aromatic heterocycles. The van der Waals surface area contributed by atoms with Crippen molar-refractivity contribution in [2.75, 3.05) is 13.1 Å². The summed E-state index contributed by atoms with van der Waals surface area (Å²) >= 11 is 0. The van der Waals surface area contributed by atoms with Gasteiger partial charge in [-0.2, -0.15) is 0 Å². The summed E-state index contributed by atoms with van der Waals surface area (Å²) in [6, 6.07) is 0.267. The van der Waals surface area contributed by atoms with Gasteiger partial charge in [0.25, 0.3) is 0 Å². The van der Waals surface area contributed by atoms with Crippen molar-refractivity contribution in [1.29, 1.82) is 0 Å². The molecule has 1 rings (SSSR count). The van der Waals surface area contributed by atoms with Crippen LogP contribution in [0.4, 0.5) is 0 Å². The van der Waals surface area contributed by atoms with E-state index in [2.05, 4.69) is 16.6 Å². The molecule has 1 aliphatic heterocycles. The first-order valence-corrected chi connectivity index (χ1v) is 4.76. The summed E-state index contributed by atoms with van der Waals surface area (Å²) in [5.74, 6) is 2.31. The molecule has 1 aliphatic rings. The third-order valence-electron chi connectivity index (χ3n) is 2.17. The molecule has 1 saturated heterocycles. The first-order chi connectivity index (χ1) is 6.33. The van der Waals surface area contributed by atoms with Crippen molar-refractivity contribution in [3.8, 4) is 12.3 Å². The summed E-state index contributed by atoms with van der Waals surface area (Å²) in [4.78, 5) is 11.1. The van der Waals surface area contributed by atoms with Gasteiger partial charge in [0.05, 0.1) is 6.42 Å². The molecule has 0 radical (unpaired) electrons. The number of nitrogens with one attached hydrogen (secondary N) is 2. The van der Waals surface area contributed by atoms with E-state index in [1.165, 1.54) is 12.8 Å². The fraction of sp³-hybridized carbons (Fsp3) is 0.700. The number of rotatable bonds is 2. The Morgan fingerprint density at radius 3 is 3.23 bits per heavy atom. The minimum absolute atomic E-state index is 0.0313. The van der Waals surface area contributed by atoms with E-state index in [9.17, 15) is 4.79 Å². The van der Waals surface area contributed by atoms with Crippen molar-refractivity contribution in [1.82, 2.24) is 10.6 Å². The quantitative estimate of drug-likeness (QED) is 0.599. The molecule has 0 aromatic rings. The van der Waals surface area contributed by atoms with Gasteiger partial charge < -0.3 is 10.6 Å². The van der Waals surface area contributed by atoms with Crippen LogP contribution in [0, 0.1) is 12.3 Å². The number of carbonyl (C=O) groups is 1. The summed E-state index contributed by atoms with van der Waals surface area (Å²) in [5, 5.41) is 6.19. The molecule has 0 aliphatic carbocycles. The second-order valence-corrected chi connectivity index (χ2v) is 3.35. The Morgan fingerprint density at radius 1 is 1.62 bits per heavy atom. The Labute approximate surface area is 79.3 Å². The Kier molecular flexibility index (Phi) is 4.34. The van der Waals surface area contributed by atoms with Crippen molar-refractivity contribution in [3.05, 3.63) is 0 Å². The molecule has 1 fully saturated rings. The first-order valence-electron chi connectivity index (χ1n) is 4.76. The number of carbonyl (C=O) groups excluding carboxylic acids is 1. The number of hydrogen-bond acceptors (Lipinski definition) is 2. The van der Waals surface area contributed by atoms with Crippen molar-refractivity contribution >= 4 is 5.91 Å². The van der Waals surface area contributed by atoms with Crippen molar-refractivity contribution in [2.24, 2.45) is 0 Å². The average Bonchev–Trinajstić information content (AvgIpc) is 2.33. The fourth-order valence-corrected chi connectivity index (χ4v) is 1.51. The highest BCUT2D eigenvalue weighted by Gasteiger charge is 2.13. The minimum atomic E-state index is -0.0313. The molecule has 72 valence electrons. The summed E-state index contributed by atoms with van der Waals surface area (Å²) in [5.41, 5.74) is 0. The molecule has 3 heteroatoms. The molecular weight excluding hydrogens is 164 g/mol. The smallest absolute Gasteiger partial charge is 0.232 e. The van der Waals surface area contributed by atoms with E-state index in [0.29, 0.717) is 0 Å². The molecular formula is C10H16N2O. The van der Waals surface area contributed by atoms with Gasteiger partial charge in [-0.25, -0.2) is 0 Å². The third kappa shape index (κ3) is 3.95. The standard InChI is InChI=1S/C10H16N2O/c1-2-5-10(13)12-9-6-3-4-7-11-8-9/h1,9,11H,3-8H2,(H,12,13). The molecule has 0 spiro atoms. The molecule has 3 nitrogen and oxygen atoms in total. The molecule has 0 aromatic carbocycles. The Morgan fingerprint density at radius 2 is 2.46 bits per heavy atom. The molecule has 0 bridgehead atoms. The van der Waals surface area contributed by atoms with Gasteiger partial charge in [0.15, 0.2) is 0 Å². The van der Waals surface area contributed by atoms with Gasteiger partial charge in [-0.15, -0.1) is 6.42 Å². The lowest BCUT2D eigenvalue weighted by molar-refractivity contribution is -0.120. The largest absolute Gasteiger partial charge is 0.351 e. The van der Waals surface area contributed by atoms with E-state index in [-0.39, 0.29) is 18.4 Å². The molecule has 1 heterocycles. The lowest BCUT2D eigenvalue weighted by atomic mass is 10.1. The van der Waals surface area contributed by atoms with E-state index in [4.69, 9.17) is 6.42 Å². The van der Waals surface area contributed by atoms with Crippen molar-refractivity contribution < 1.29 is 4.79 Å². The van der Waals surface area contributed by atoms with Crippen LogP contribution >= 0.6 is 0 Å². The predicted octanol–water partition coefficient (Wildman–Crippen LogP) is 0.268. The lowest BCUT2D eigenvalue weighted by Gasteiger charge is -2.15. The Balaban J connectivity index is 2.26. The van der Waals surface area contributed by atoms with Crippen LogP contribution in [0.2, 0.25) is 0 Å². The van der Waals surface area contributed by atoms with Gasteiger partial charge in [0, 0.05) is 12.6 Å². The van der Waals surface area contributed by atoms with E-state index in [1.54, 1.807) is 0 Å². The lowest BCUT2D eigenvalue weighted by Crippen LogP contribution is -2.40. The maximum atomic E-state index is 11.1. The van der Waals surface area contributed by atoms with Crippen LogP contribution in [-0.4, -0.2) is 25.0 Å². The maximum absolute atomic E-state index is 11.1. The fourth-order valence-electron chi connectivity index (χ4n) is 1.51. The summed E-state index contributed by atoms with van der Waals surface area (Å²) in [6.07, 6.45) is 8.66. The topological polar surface area (TPSA) is 41.1 Å². The summed E-state index contributed by atoms with van der Waals surface area (Å²) in [7, 11) is 0. The van der Waals surface area contributed by atoms with Crippen molar-refractivity contribution in [3.63, 3.8) is 0 Å². The highest BCUT2D eigenvalue weighted by molar-refractivity contribution is 5.78. The van der Waals surface area contributed by atoms with Crippen LogP contribution in [0.1, 0.15) is 25.7 Å². The Hall–Kier alpha value is -1.01. The second-order valence-electron chi connectivity index (χ2n) is 3.35. The van der Waals surface area contributed by atoms with Gasteiger partial charge in [-0.1, -0.05) is 12.3 Å². The van der Waals surface area contributed by atoms with Gasteiger partial charge >= 0.3 is 0 Å². The molecule has 1 atom stereocenters. The predicted molar refractivity (Wildman–Crippen MR) is 52.1 cm³/mol. The van der Waals surface area contributed by atoms with Crippen LogP contribution < -0.4 is 10.6 Å². The second kappa shape index (κ2) is 5.60. The van der Waals surface area contributed by atoms with Crippen LogP contribution in [0.15, 0.2) is 0 Å². The Bertz CT molecular complexity index is 199. The van der Waals surface area contributed by atoms with Gasteiger partial charge in [-0.3, -0.25) is 4.79 Å². The van der Waals surface area contributed by atoms with Crippen molar-refractivity contribution in [2.45, 2.75) is 31.7 Å². The first kappa shape index (κ1) is 10.1. The van der Waals surface area contributed by atoms with Gasteiger partial charge in [0.2, 0.25) is 5.91 Å². The van der Waals surface area contributed by atoms with Crippen LogP contribution in [-0.2, 0) is 4.79 Å². The summed E-state index contributed by atoms with van der Waals surface area (Å²) in [6.45, 7) is 1.93. The van der Waals surface area contributed by atoms with Gasteiger partial charge in [0.1, 0.15) is 0 Å².